The largest absolute Gasteiger partial charge is 0.355 e. The highest BCUT2D eigenvalue weighted by Crippen LogP contribution is 2.07. The molecule has 0 aromatic heterocycles. The average molecular weight is 241 g/mol. The van der Waals surface area contributed by atoms with Crippen LogP contribution in [0, 0.1) is 5.92 Å². The van der Waals surface area contributed by atoms with Crippen LogP contribution in [-0.2, 0) is 4.79 Å². The van der Waals surface area contributed by atoms with Crippen molar-refractivity contribution >= 4 is 5.91 Å². The molecule has 3 N–H and O–H groups in total. The van der Waals surface area contributed by atoms with Gasteiger partial charge in [0.1, 0.15) is 0 Å². The molecule has 0 bridgehead atoms. The highest BCUT2D eigenvalue weighted by atomic mass is 16.1. The minimum absolute atomic E-state index is 0.00126. The Labute approximate surface area is 105 Å². The lowest BCUT2D eigenvalue weighted by atomic mass is 10.0. The number of carbonyl (C=O) groups excluding carboxylic acids is 1. The fraction of sp³-hybridized carbons (Fsp3) is 0.923. The molecule has 0 radical (unpaired) electrons. The maximum atomic E-state index is 11.8. The van der Waals surface area contributed by atoms with Crippen LogP contribution in [0.15, 0.2) is 0 Å². The van der Waals surface area contributed by atoms with Crippen LogP contribution >= 0.6 is 0 Å². The number of nitrogens with one attached hydrogen (secondary N) is 1. The number of hydrogen-bond acceptors (Lipinski definition) is 3. The van der Waals surface area contributed by atoms with Crippen molar-refractivity contribution < 1.29 is 4.79 Å². The van der Waals surface area contributed by atoms with Crippen molar-refractivity contribution in [1.29, 1.82) is 0 Å². The number of hydrogen-bond donors (Lipinski definition) is 2. The normalized spacial score (nSPS) is 18.9. The Balaban J connectivity index is 2.13. The van der Waals surface area contributed by atoms with E-state index in [1.807, 2.05) is 0 Å². The predicted octanol–water partition coefficient (Wildman–Crippen LogP) is 0.964. The van der Waals surface area contributed by atoms with Gasteiger partial charge in [-0.15, -0.1) is 0 Å². The standard InChI is InChI=1S/C13H27N3O/c1-2-6-12(11-14)13(17)15-7-10-16-8-4-3-5-9-16/h12H,2-11,14H2,1H3,(H,15,17). The third-order valence-electron chi connectivity index (χ3n) is 3.47. The van der Waals surface area contributed by atoms with Gasteiger partial charge in [0, 0.05) is 19.6 Å². The minimum atomic E-state index is 0.00126. The first-order chi connectivity index (χ1) is 8.27. The van der Waals surface area contributed by atoms with E-state index in [1.54, 1.807) is 0 Å². The van der Waals surface area contributed by atoms with Gasteiger partial charge in [-0.05, 0) is 32.4 Å². The number of nitrogens with two attached hydrogens (primary N) is 1. The number of nitrogens with zero attached hydrogens (tertiary/aromatic N) is 1. The third-order valence-corrected chi connectivity index (χ3v) is 3.47. The van der Waals surface area contributed by atoms with Gasteiger partial charge in [-0.2, -0.15) is 0 Å². The summed E-state index contributed by atoms with van der Waals surface area (Å²) in [5.74, 6) is 0.132. The van der Waals surface area contributed by atoms with Crippen LogP contribution in [0.25, 0.3) is 0 Å². The summed E-state index contributed by atoms with van der Waals surface area (Å²) in [6.07, 6.45) is 5.87. The molecule has 0 aromatic carbocycles. The van der Waals surface area contributed by atoms with Crippen molar-refractivity contribution in [2.45, 2.75) is 39.0 Å². The number of likely N-dealkylation sites (tertiary alicyclic amines) is 1. The molecule has 1 aliphatic rings. The van der Waals surface area contributed by atoms with Crippen LogP contribution in [0.1, 0.15) is 39.0 Å². The molecule has 17 heavy (non-hydrogen) atoms. The Hall–Kier alpha value is -0.610. The summed E-state index contributed by atoms with van der Waals surface area (Å²) in [4.78, 5) is 14.2. The first-order valence-corrected chi connectivity index (χ1v) is 6.98. The molecule has 1 rings (SSSR count). The second-order valence-corrected chi connectivity index (χ2v) is 4.91. The van der Waals surface area contributed by atoms with Crippen molar-refractivity contribution in [3.05, 3.63) is 0 Å². The van der Waals surface area contributed by atoms with Gasteiger partial charge >= 0.3 is 0 Å². The molecule has 0 saturated carbocycles. The summed E-state index contributed by atoms with van der Waals surface area (Å²) in [6.45, 7) is 6.66. The lowest BCUT2D eigenvalue weighted by molar-refractivity contribution is -0.124. The molecule has 1 amide bonds. The number of rotatable bonds is 7. The summed E-state index contributed by atoms with van der Waals surface area (Å²) < 4.78 is 0. The van der Waals surface area contributed by atoms with E-state index < -0.39 is 0 Å². The molecule has 0 aromatic rings. The van der Waals surface area contributed by atoms with Crippen LogP contribution in [-0.4, -0.2) is 43.5 Å². The van der Waals surface area contributed by atoms with Crippen molar-refractivity contribution in [2.75, 3.05) is 32.7 Å². The molecule has 0 aliphatic carbocycles. The first kappa shape index (κ1) is 14.5. The Bertz CT molecular complexity index is 215. The summed E-state index contributed by atoms with van der Waals surface area (Å²) >= 11 is 0. The molecule has 1 unspecified atom stereocenters. The lowest BCUT2D eigenvalue weighted by Crippen LogP contribution is -2.41. The van der Waals surface area contributed by atoms with E-state index in [-0.39, 0.29) is 11.8 Å². The Morgan fingerprint density at radius 3 is 2.65 bits per heavy atom. The number of piperidine rings is 1. The molecule has 4 nitrogen and oxygen atoms in total. The fourth-order valence-corrected chi connectivity index (χ4v) is 2.37. The molecule has 0 spiro atoms. The van der Waals surface area contributed by atoms with E-state index in [4.69, 9.17) is 5.73 Å². The number of amides is 1. The molecule has 4 heteroatoms. The summed E-state index contributed by atoms with van der Waals surface area (Å²) in [7, 11) is 0. The van der Waals surface area contributed by atoms with Gasteiger partial charge in [0.25, 0.3) is 0 Å². The molecule has 1 aliphatic heterocycles. The topological polar surface area (TPSA) is 58.4 Å². The Morgan fingerprint density at radius 1 is 1.35 bits per heavy atom. The first-order valence-electron chi connectivity index (χ1n) is 6.98. The van der Waals surface area contributed by atoms with E-state index in [2.05, 4.69) is 17.1 Å². The molecule has 1 saturated heterocycles. The summed E-state index contributed by atoms with van der Waals surface area (Å²) in [5, 5.41) is 3.01. The average Bonchev–Trinajstić information content (AvgIpc) is 2.37. The predicted molar refractivity (Wildman–Crippen MR) is 70.8 cm³/mol. The maximum absolute atomic E-state index is 11.8. The quantitative estimate of drug-likeness (QED) is 0.698. The molecular formula is C13H27N3O. The van der Waals surface area contributed by atoms with Gasteiger partial charge in [0.15, 0.2) is 0 Å². The number of carbonyl (C=O) groups is 1. The van der Waals surface area contributed by atoms with Crippen LogP contribution in [0.2, 0.25) is 0 Å². The molecule has 1 fully saturated rings. The van der Waals surface area contributed by atoms with Crippen molar-refractivity contribution in [1.82, 2.24) is 10.2 Å². The monoisotopic (exact) mass is 241 g/mol. The van der Waals surface area contributed by atoms with Crippen molar-refractivity contribution in [2.24, 2.45) is 11.7 Å². The highest BCUT2D eigenvalue weighted by Gasteiger charge is 2.15. The van der Waals surface area contributed by atoms with Crippen LogP contribution in [0.4, 0.5) is 0 Å². The lowest BCUT2D eigenvalue weighted by Gasteiger charge is -2.26. The van der Waals surface area contributed by atoms with Gasteiger partial charge in [0.05, 0.1) is 5.92 Å². The van der Waals surface area contributed by atoms with E-state index in [0.717, 1.165) is 25.9 Å². The van der Waals surface area contributed by atoms with Crippen molar-refractivity contribution in [3.8, 4) is 0 Å². The van der Waals surface area contributed by atoms with Gasteiger partial charge < -0.3 is 16.0 Å². The third kappa shape index (κ3) is 5.50. The van der Waals surface area contributed by atoms with E-state index in [1.165, 1.54) is 32.4 Å². The Kier molecular flexibility index (Phi) is 7.21. The Morgan fingerprint density at radius 2 is 2.06 bits per heavy atom. The highest BCUT2D eigenvalue weighted by molar-refractivity contribution is 5.78. The van der Waals surface area contributed by atoms with Crippen LogP contribution in [0.5, 0.6) is 0 Å². The summed E-state index contributed by atoms with van der Waals surface area (Å²) in [5.41, 5.74) is 5.60. The van der Waals surface area contributed by atoms with E-state index in [0.29, 0.717) is 6.54 Å². The van der Waals surface area contributed by atoms with Gasteiger partial charge in [-0.25, -0.2) is 0 Å². The van der Waals surface area contributed by atoms with Crippen molar-refractivity contribution in [3.63, 3.8) is 0 Å². The van der Waals surface area contributed by atoms with E-state index in [9.17, 15) is 4.79 Å². The molecular weight excluding hydrogens is 214 g/mol. The maximum Gasteiger partial charge on any atom is 0.224 e. The second-order valence-electron chi connectivity index (χ2n) is 4.91. The SMILES string of the molecule is CCCC(CN)C(=O)NCCN1CCCCC1. The van der Waals surface area contributed by atoms with Gasteiger partial charge in [-0.3, -0.25) is 4.79 Å². The molecule has 1 heterocycles. The van der Waals surface area contributed by atoms with Crippen LogP contribution < -0.4 is 11.1 Å². The van der Waals surface area contributed by atoms with Gasteiger partial charge in [0.2, 0.25) is 5.91 Å². The zero-order valence-corrected chi connectivity index (χ0v) is 11.1. The van der Waals surface area contributed by atoms with Crippen LogP contribution in [0.3, 0.4) is 0 Å². The minimum Gasteiger partial charge on any atom is -0.355 e. The zero-order valence-electron chi connectivity index (χ0n) is 11.1. The van der Waals surface area contributed by atoms with Gasteiger partial charge in [-0.1, -0.05) is 19.8 Å². The summed E-state index contributed by atoms with van der Waals surface area (Å²) in [6, 6.07) is 0. The molecule has 1 atom stereocenters. The molecule has 100 valence electrons. The van der Waals surface area contributed by atoms with E-state index >= 15 is 0 Å². The zero-order chi connectivity index (χ0) is 12.5. The second kappa shape index (κ2) is 8.48. The fourth-order valence-electron chi connectivity index (χ4n) is 2.37. The smallest absolute Gasteiger partial charge is 0.224 e.